The van der Waals surface area contributed by atoms with E-state index in [-0.39, 0.29) is 11.9 Å². The van der Waals surface area contributed by atoms with Crippen molar-refractivity contribution in [3.63, 3.8) is 0 Å². The van der Waals surface area contributed by atoms with Crippen molar-refractivity contribution < 1.29 is 4.79 Å². The number of carbonyl (C=O) groups is 1. The summed E-state index contributed by atoms with van der Waals surface area (Å²) in [6.07, 6.45) is 0. The van der Waals surface area contributed by atoms with Gasteiger partial charge in [0.15, 0.2) is 0 Å². The van der Waals surface area contributed by atoms with Crippen LogP contribution in [0, 0.1) is 0 Å². The maximum atomic E-state index is 12.6. The normalized spacial score (nSPS) is 18.3. The lowest BCUT2D eigenvalue weighted by atomic mass is 9.99. The molecule has 0 unspecified atom stereocenters. The summed E-state index contributed by atoms with van der Waals surface area (Å²) in [5.41, 5.74) is 0.562. The molecule has 1 atom stereocenters. The third-order valence-electron chi connectivity index (χ3n) is 4.18. The molecule has 4 nitrogen and oxygen atoms in total. The molecular formula is C16H24ClN3O. The van der Waals surface area contributed by atoms with E-state index in [0.29, 0.717) is 5.02 Å². The Labute approximate surface area is 131 Å². The molecule has 1 aliphatic heterocycles. The molecule has 116 valence electrons. The smallest absolute Gasteiger partial charge is 0.240 e. The molecule has 5 heteroatoms. The lowest BCUT2D eigenvalue weighted by molar-refractivity contribution is -0.132. The number of nitrogens with zero attached hydrogens (tertiary/aromatic N) is 1. The first kappa shape index (κ1) is 16.3. The van der Waals surface area contributed by atoms with Gasteiger partial charge in [0, 0.05) is 31.2 Å². The first-order chi connectivity index (χ1) is 9.91. The minimum atomic E-state index is -0.497. The summed E-state index contributed by atoms with van der Waals surface area (Å²) in [6.45, 7) is 9.64. The van der Waals surface area contributed by atoms with E-state index in [9.17, 15) is 4.79 Å². The highest BCUT2D eigenvalue weighted by Gasteiger charge is 2.35. The summed E-state index contributed by atoms with van der Waals surface area (Å²) < 4.78 is 0. The van der Waals surface area contributed by atoms with E-state index in [1.54, 1.807) is 0 Å². The van der Waals surface area contributed by atoms with Gasteiger partial charge in [0.1, 0.15) is 0 Å². The van der Waals surface area contributed by atoms with Crippen molar-refractivity contribution in [2.75, 3.05) is 26.2 Å². The van der Waals surface area contributed by atoms with Crippen LogP contribution >= 0.6 is 11.6 Å². The van der Waals surface area contributed by atoms with Crippen LogP contribution in [0.25, 0.3) is 0 Å². The van der Waals surface area contributed by atoms with Crippen molar-refractivity contribution in [2.24, 2.45) is 0 Å². The second kappa shape index (κ2) is 6.77. The highest BCUT2D eigenvalue weighted by Crippen LogP contribution is 2.20. The third kappa shape index (κ3) is 3.96. The zero-order valence-corrected chi connectivity index (χ0v) is 13.7. The fourth-order valence-electron chi connectivity index (χ4n) is 2.58. The molecule has 21 heavy (non-hydrogen) atoms. The van der Waals surface area contributed by atoms with Gasteiger partial charge in [-0.2, -0.15) is 0 Å². The maximum absolute atomic E-state index is 12.6. The molecule has 0 saturated carbocycles. The van der Waals surface area contributed by atoms with Crippen LogP contribution in [0.5, 0.6) is 0 Å². The van der Waals surface area contributed by atoms with Crippen LogP contribution in [0.4, 0.5) is 0 Å². The molecule has 1 fully saturated rings. The third-order valence-corrected chi connectivity index (χ3v) is 4.43. The van der Waals surface area contributed by atoms with Crippen molar-refractivity contribution >= 4 is 17.5 Å². The minimum absolute atomic E-state index is 0.0306. The molecule has 0 radical (unpaired) electrons. The maximum Gasteiger partial charge on any atom is 0.240 e. The average Bonchev–Trinajstić information content (AvgIpc) is 2.48. The van der Waals surface area contributed by atoms with Crippen LogP contribution < -0.4 is 10.6 Å². The van der Waals surface area contributed by atoms with Crippen molar-refractivity contribution in [3.8, 4) is 0 Å². The van der Waals surface area contributed by atoms with E-state index in [0.717, 1.165) is 31.7 Å². The first-order valence-electron chi connectivity index (χ1n) is 7.43. The molecule has 2 rings (SSSR count). The minimum Gasteiger partial charge on any atom is -0.348 e. The molecule has 2 N–H and O–H groups in total. The summed E-state index contributed by atoms with van der Waals surface area (Å²) in [4.78, 5) is 14.8. The number of halogens is 1. The van der Waals surface area contributed by atoms with Crippen molar-refractivity contribution in [2.45, 2.75) is 32.4 Å². The Morgan fingerprint density at radius 2 is 1.86 bits per heavy atom. The van der Waals surface area contributed by atoms with Gasteiger partial charge in [0.05, 0.1) is 11.6 Å². The fourth-order valence-corrected chi connectivity index (χ4v) is 2.70. The number of amides is 1. The molecule has 1 aliphatic rings. The van der Waals surface area contributed by atoms with Gasteiger partial charge in [-0.25, -0.2) is 0 Å². The molecule has 1 saturated heterocycles. The van der Waals surface area contributed by atoms with Crippen LogP contribution in [0.2, 0.25) is 5.02 Å². The van der Waals surface area contributed by atoms with E-state index < -0.39 is 5.54 Å². The number of carbonyl (C=O) groups excluding carboxylic acids is 1. The van der Waals surface area contributed by atoms with Crippen molar-refractivity contribution in [1.82, 2.24) is 15.5 Å². The SMILES string of the molecule is C[C@H](NC(=O)C(C)(C)N1CCNCC1)c1ccc(Cl)cc1. The quantitative estimate of drug-likeness (QED) is 0.896. The second-order valence-corrected chi connectivity index (χ2v) is 6.48. The predicted octanol–water partition coefficient (Wildman–Crippen LogP) is 2.20. The number of rotatable bonds is 4. The number of piperazine rings is 1. The Bertz CT molecular complexity index is 481. The van der Waals surface area contributed by atoms with E-state index >= 15 is 0 Å². The Hall–Kier alpha value is -1.10. The van der Waals surface area contributed by atoms with E-state index in [1.807, 2.05) is 45.0 Å². The van der Waals surface area contributed by atoms with Crippen LogP contribution in [0.3, 0.4) is 0 Å². The first-order valence-corrected chi connectivity index (χ1v) is 7.81. The van der Waals surface area contributed by atoms with Gasteiger partial charge in [0.25, 0.3) is 0 Å². The van der Waals surface area contributed by atoms with Gasteiger partial charge in [-0.15, -0.1) is 0 Å². The topological polar surface area (TPSA) is 44.4 Å². The Morgan fingerprint density at radius 1 is 1.29 bits per heavy atom. The van der Waals surface area contributed by atoms with Gasteiger partial charge < -0.3 is 10.6 Å². The van der Waals surface area contributed by atoms with E-state index in [4.69, 9.17) is 11.6 Å². The molecule has 0 spiro atoms. The van der Waals surface area contributed by atoms with Crippen LogP contribution in [-0.4, -0.2) is 42.5 Å². The van der Waals surface area contributed by atoms with Gasteiger partial charge in [-0.3, -0.25) is 9.69 Å². The van der Waals surface area contributed by atoms with E-state index in [1.165, 1.54) is 0 Å². The summed E-state index contributed by atoms with van der Waals surface area (Å²) in [5, 5.41) is 7.13. The predicted molar refractivity (Wildman–Crippen MR) is 86.5 cm³/mol. The molecule has 1 aromatic carbocycles. The summed E-state index contributed by atoms with van der Waals surface area (Å²) in [6, 6.07) is 7.56. The molecular weight excluding hydrogens is 286 g/mol. The molecule has 1 heterocycles. The van der Waals surface area contributed by atoms with Crippen LogP contribution in [0.15, 0.2) is 24.3 Å². The molecule has 1 aromatic rings. The summed E-state index contributed by atoms with van der Waals surface area (Å²) >= 11 is 5.90. The average molecular weight is 310 g/mol. The highest BCUT2D eigenvalue weighted by molar-refractivity contribution is 6.30. The number of hydrogen-bond donors (Lipinski definition) is 2. The molecule has 1 amide bonds. The highest BCUT2D eigenvalue weighted by atomic mass is 35.5. The Balaban J connectivity index is 2.00. The summed E-state index contributed by atoms with van der Waals surface area (Å²) in [5.74, 6) is 0.0619. The zero-order valence-electron chi connectivity index (χ0n) is 12.9. The fraction of sp³-hybridized carbons (Fsp3) is 0.562. The molecule has 0 aliphatic carbocycles. The van der Waals surface area contributed by atoms with Crippen molar-refractivity contribution in [1.29, 1.82) is 0 Å². The second-order valence-electron chi connectivity index (χ2n) is 6.04. The van der Waals surface area contributed by atoms with E-state index in [2.05, 4.69) is 15.5 Å². The van der Waals surface area contributed by atoms with Gasteiger partial charge in [0.2, 0.25) is 5.91 Å². The van der Waals surface area contributed by atoms with Gasteiger partial charge in [-0.1, -0.05) is 23.7 Å². The zero-order chi connectivity index (χ0) is 15.5. The number of nitrogens with one attached hydrogen (secondary N) is 2. The van der Waals surface area contributed by atoms with Gasteiger partial charge in [-0.05, 0) is 38.5 Å². The lowest BCUT2D eigenvalue weighted by Crippen LogP contribution is -2.60. The van der Waals surface area contributed by atoms with Crippen LogP contribution in [0.1, 0.15) is 32.4 Å². The van der Waals surface area contributed by atoms with Crippen LogP contribution in [-0.2, 0) is 4.79 Å². The molecule has 0 aromatic heterocycles. The lowest BCUT2D eigenvalue weighted by Gasteiger charge is -2.40. The largest absolute Gasteiger partial charge is 0.348 e. The monoisotopic (exact) mass is 309 g/mol. The molecule has 0 bridgehead atoms. The van der Waals surface area contributed by atoms with Gasteiger partial charge >= 0.3 is 0 Å². The Kier molecular flexibility index (Phi) is 5.25. The number of hydrogen-bond acceptors (Lipinski definition) is 3. The number of benzene rings is 1. The van der Waals surface area contributed by atoms with Crippen molar-refractivity contribution in [3.05, 3.63) is 34.9 Å². The Morgan fingerprint density at radius 3 is 2.43 bits per heavy atom. The summed E-state index contributed by atoms with van der Waals surface area (Å²) in [7, 11) is 0. The standard InChI is InChI=1S/C16H24ClN3O/c1-12(13-4-6-14(17)7-5-13)19-15(21)16(2,3)20-10-8-18-9-11-20/h4-7,12,18H,8-11H2,1-3H3,(H,19,21)/t12-/m0/s1.